The van der Waals surface area contributed by atoms with E-state index in [4.69, 9.17) is 9.26 Å². The maximum Gasteiger partial charge on any atom is 0.191 e. The number of hydrogen-bond acceptors (Lipinski definition) is 4. The Bertz CT molecular complexity index is 742. The maximum atomic E-state index is 6.10. The topological polar surface area (TPSA) is 71.7 Å². The highest BCUT2D eigenvalue weighted by molar-refractivity contribution is 5.79. The third kappa shape index (κ3) is 5.58. The highest BCUT2D eigenvalue weighted by atomic mass is 16.5. The number of benzene rings is 1. The number of hydrogen-bond donors (Lipinski definition) is 2. The van der Waals surface area contributed by atoms with Gasteiger partial charge in [-0.05, 0) is 31.2 Å². The molecule has 2 heterocycles. The van der Waals surface area contributed by atoms with Crippen LogP contribution in [0.5, 0.6) is 0 Å². The molecule has 1 fully saturated rings. The molecule has 0 bridgehead atoms. The summed E-state index contributed by atoms with van der Waals surface area (Å²) in [4.78, 5) is 4.66. The van der Waals surface area contributed by atoms with Gasteiger partial charge in [-0.1, -0.05) is 49.3 Å². The molecule has 1 aliphatic rings. The lowest BCUT2D eigenvalue weighted by Gasteiger charge is -2.32. The zero-order chi connectivity index (χ0) is 19.8. The molecule has 2 unspecified atom stereocenters. The number of rotatable bonds is 7. The van der Waals surface area contributed by atoms with Crippen molar-refractivity contribution in [1.82, 2.24) is 15.8 Å². The van der Waals surface area contributed by atoms with Crippen LogP contribution in [0.15, 0.2) is 45.9 Å². The standard InChI is InChI=1S/C22H32N4O2/c1-4-23-22(25-15-19-13-20(16(2)3)26-28-19)24-14-18-11-8-12-27-21(18)17-9-6-5-7-10-17/h5-7,9-10,13,16,18,21H,4,8,11-12,14-15H2,1-3H3,(H2,23,24,25). The fourth-order valence-electron chi connectivity index (χ4n) is 3.47. The van der Waals surface area contributed by atoms with Crippen LogP contribution in [0.3, 0.4) is 0 Å². The first kappa shape index (κ1) is 20.4. The summed E-state index contributed by atoms with van der Waals surface area (Å²) in [6.07, 6.45) is 2.37. The molecule has 1 aromatic carbocycles. The minimum absolute atomic E-state index is 0.133. The molecular weight excluding hydrogens is 352 g/mol. The number of nitrogens with one attached hydrogen (secondary N) is 2. The van der Waals surface area contributed by atoms with Crippen molar-refractivity contribution in [3.8, 4) is 0 Å². The first-order valence-corrected chi connectivity index (χ1v) is 10.3. The maximum absolute atomic E-state index is 6.10. The van der Waals surface area contributed by atoms with Crippen molar-refractivity contribution in [2.24, 2.45) is 10.9 Å². The lowest BCUT2D eigenvalue weighted by atomic mass is 9.89. The zero-order valence-electron chi connectivity index (χ0n) is 17.1. The number of nitrogens with zero attached hydrogens (tertiary/aromatic N) is 2. The predicted molar refractivity (Wildman–Crippen MR) is 111 cm³/mol. The summed E-state index contributed by atoms with van der Waals surface area (Å²) in [5, 5.41) is 10.9. The van der Waals surface area contributed by atoms with Gasteiger partial charge in [0.1, 0.15) is 6.54 Å². The Labute approximate surface area is 167 Å². The van der Waals surface area contributed by atoms with E-state index in [0.29, 0.717) is 18.4 Å². The summed E-state index contributed by atoms with van der Waals surface area (Å²) in [5.41, 5.74) is 2.21. The molecule has 6 heteroatoms. The minimum atomic E-state index is 0.133. The van der Waals surface area contributed by atoms with Crippen molar-refractivity contribution in [3.05, 3.63) is 53.4 Å². The fraction of sp³-hybridized carbons (Fsp3) is 0.545. The van der Waals surface area contributed by atoms with Crippen LogP contribution in [-0.4, -0.2) is 30.8 Å². The minimum Gasteiger partial charge on any atom is -0.373 e. The molecule has 2 atom stereocenters. The van der Waals surface area contributed by atoms with Gasteiger partial charge in [0.25, 0.3) is 0 Å². The van der Waals surface area contributed by atoms with E-state index < -0.39 is 0 Å². The largest absolute Gasteiger partial charge is 0.373 e. The van der Waals surface area contributed by atoms with Gasteiger partial charge in [-0.2, -0.15) is 0 Å². The zero-order valence-corrected chi connectivity index (χ0v) is 17.1. The summed E-state index contributed by atoms with van der Waals surface area (Å²) in [6, 6.07) is 12.5. The van der Waals surface area contributed by atoms with Crippen LogP contribution in [0.25, 0.3) is 0 Å². The van der Waals surface area contributed by atoms with Gasteiger partial charge in [-0.25, -0.2) is 4.99 Å². The fourth-order valence-corrected chi connectivity index (χ4v) is 3.47. The molecule has 1 saturated heterocycles. The Balaban J connectivity index is 1.61. The lowest BCUT2D eigenvalue weighted by Crippen LogP contribution is -2.42. The van der Waals surface area contributed by atoms with Gasteiger partial charge in [0, 0.05) is 31.7 Å². The molecule has 0 radical (unpaired) electrons. The van der Waals surface area contributed by atoms with Crippen LogP contribution in [0, 0.1) is 5.92 Å². The van der Waals surface area contributed by atoms with E-state index >= 15 is 0 Å². The van der Waals surface area contributed by atoms with Crippen molar-refractivity contribution < 1.29 is 9.26 Å². The van der Waals surface area contributed by atoms with Crippen LogP contribution >= 0.6 is 0 Å². The Morgan fingerprint density at radius 1 is 1.25 bits per heavy atom. The van der Waals surface area contributed by atoms with E-state index in [0.717, 1.165) is 50.0 Å². The van der Waals surface area contributed by atoms with Gasteiger partial charge in [0.15, 0.2) is 11.7 Å². The van der Waals surface area contributed by atoms with Gasteiger partial charge >= 0.3 is 0 Å². The summed E-state index contributed by atoms with van der Waals surface area (Å²) in [6.45, 7) is 9.20. The number of guanidine groups is 1. The Morgan fingerprint density at radius 3 is 2.79 bits per heavy atom. The summed E-state index contributed by atoms with van der Waals surface area (Å²) in [7, 11) is 0. The second kappa shape index (κ2) is 10.3. The van der Waals surface area contributed by atoms with E-state index in [-0.39, 0.29) is 6.10 Å². The van der Waals surface area contributed by atoms with Gasteiger partial charge in [0.05, 0.1) is 11.8 Å². The van der Waals surface area contributed by atoms with Crippen molar-refractivity contribution >= 4 is 5.96 Å². The van der Waals surface area contributed by atoms with Crippen LogP contribution in [0.2, 0.25) is 0 Å². The van der Waals surface area contributed by atoms with Crippen molar-refractivity contribution in [1.29, 1.82) is 0 Å². The molecule has 0 aliphatic carbocycles. The third-order valence-corrected chi connectivity index (χ3v) is 5.01. The average molecular weight is 385 g/mol. The Morgan fingerprint density at radius 2 is 2.07 bits per heavy atom. The molecule has 0 spiro atoms. The van der Waals surface area contributed by atoms with Crippen LogP contribution in [0.4, 0.5) is 0 Å². The van der Waals surface area contributed by atoms with E-state index in [9.17, 15) is 0 Å². The highest BCUT2D eigenvalue weighted by Crippen LogP contribution is 2.33. The highest BCUT2D eigenvalue weighted by Gasteiger charge is 2.27. The molecule has 0 amide bonds. The van der Waals surface area contributed by atoms with Gasteiger partial charge in [-0.15, -0.1) is 0 Å². The van der Waals surface area contributed by atoms with Gasteiger partial charge in [0.2, 0.25) is 0 Å². The lowest BCUT2D eigenvalue weighted by molar-refractivity contribution is -0.0265. The smallest absolute Gasteiger partial charge is 0.191 e. The van der Waals surface area contributed by atoms with Gasteiger partial charge in [-0.3, -0.25) is 0 Å². The van der Waals surface area contributed by atoms with Crippen LogP contribution in [-0.2, 0) is 11.3 Å². The number of ether oxygens (including phenoxy) is 1. The SMILES string of the molecule is CCNC(=NCc1cc(C(C)C)no1)NCC1CCCOC1c1ccccc1. The summed E-state index contributed by atoms with van der Waals surface area (Å²) in [5.74, 6) is 2.35. The first-order valence-electron chi connectivity index (χ1n) is 10.3. The van der Waals surface area contributed by atoms with Crippen molar-refractivity contribution in [3.63, 3.8) is 0 Å². The number of aromatic nitrogens is 1. The first-order chi connectivity index (χ1) is 13.7. The molecule has 0 saturated carbocycles. The second-order valence-electron chi connectivity index (χ2n) is 7.55. The summed E-state index contributed by atoms with van der Waals surface area (Å²) < 4.78 is 11.5. The molecule has 2 N–H and O–H groups in total. The Kier molecular flexibility index (Phi) is 7.48. The monoisotopic (exact) mass is 384 g/mol. The molecule has 28 heavy (non-hydrogen) atoms. The van der Waals surface area contributed by atoms with E-state index in [2.05, 4.69) is 65.8 Å². The molecule has 6 nitrogen and oxygen atoms in total. The number of aliphatic imine (C=N–C) groups is 1. The molecule has 3 rings (SSSR count). The molecule has 2 aromatic rings. The van der Waals surface area contributed by atoms with E-state index in [1.807, 2.05) is 12.1 Å². The average Bonchev–Trinajstić information content (AvgIpc) is 3.20. The van der Waals surface area contributed by atoms with Crippen LogP contribution < -0.4 is 10.6 Å². The molecule has 1 aromatic heterocycles. The quantitative estimate of drug-likeness (QED) is 0.557. The third-order valence-electron chi connectivity index (χ3n) is 5.01. The van der Waals surface area contributed by atoms with E-state index in [1.54, 1.807) is 0 Å². The predicted octanol–water partition coefficient (Wildman–Crippen LogP) is 4.02. The molecule has 152 valence electrons. The second-order valence-corrected chi connectivity index (χ2v) is 7.55. The summed E-state index contributed by atoms with van der Waals surface area (Å²) >= 11 is 0. The van der Waals surface area contributed by atoms with Crippen LogP contribution in [0.1, 0.15) is 62.7 Å². The van der Waals surface area contributed by atoms with Crippen molar-refractivity contribution in [2.45, 2.75) is 52.2 Å². The van der Waals surface area contributed by atoms with Gasteiger partial charge < -0.3 is 19.9 Å². The van der Waals surface area contributed by atoms with Crippen molar-refractivity contribution in [2.75, 3.05) is 19.7 Å². The van der Waals surface area contributed by atoms with E-state index in [1.165, 1.54) is 5.56 Å². The Hall–Kier alpha value is -2.34. The molecule has 1 aliphatic heterocycles. The molecular formula is C22H32N4O2. The normalized spacial score (nSPS) is 20.4.